The van der Waals surface area contributed by atoms with Crippen LogP contribution in [-0.2, 0) is 13.0 Å². The Morgan fingerprint density at radius 1 is 1.12 bits per heavy atom. The van der Waals surface area contributed by atoms with Gasteiger partial charge in [-0.15, -0.1) is 0 Å². The molecule has 0 saturated heterocycles. The van der Waals surface area contributed by atoms with Crippen LogP contribution in [0.25, 0.3) is 22.3 Å². The first-order chi connectivity index (χ1) is 11.6. The van der Waals surface area contributed by atoms with E-state index in [2.05, 4.69) is 15.9 Å². The molecule has 4 rings (SSSR count). The van der Waals surface area contributed by atoms with Crippen molar-refractivity contribution in [1.29, 1.82) is 0 Å². The largest absolute Gasteiger partial charge is 0.493 e. The van der Waals surface area contributed by atoms with Gasteiger partial charge in [-0.05, 0) is 42.3 Å². The average molecular weight is 387 g/mol. The number of ether oxygens (including phenoxy) is 2. The maximum Gasteiger partial charge on any atom is 0.261 e. The minimum atomic E-state index is -0.0169. The summed E-state index contributed by atoms with van der Waals surface area (Å²) in [5.74, 6) is 2.00. The molecule has 0 amide bonds. The van der Waals surface area contributed by atoms with E-state index in [9.17, 15) is 4.79 Å². The van der Waals surface area contributed by atoms with E-state index in [1.54, 1.807) is 18.8 Å². The molecule has 122 valence electrons. The molecule has 24 heavy (non-hydrogen) atoms. The number of benzene rings is 2. The summed E-state index contributed by atoms with van der Waals surface area (Å²) in [4.78, 5) is 17.6. The zero-order valence-electron chi connectivity index (χ0n) is 13.3. The maximum atomic E-state index is 12.9. The lowest BCUT2D eigenvalue weighted by atomic mass is 9.99. The highest BCUT2D eigenvalue weighted by molar-refractivity contribution is 9.10. The number of hydrogen-bond acceptors (Lipinski definition) is 4. The number of hydrogen-bond donors (Lipinski definition) is 0. The lowest BCUT2D eigenvalue weighted by Gasteiger charge is -2.23. The number of aromatic nitrogens is 2. The molecule has 5 nitrogen and oxygen atoms in total. The summed E-state index contributed by atoms with van der Waals surface area (Å²) in [5.41, 5.74) is 2.70. The van der Waals surface area contributed by atoms with Gasteiger partial charge in [0.2, 0.25) is 0 Å². The van der Waals surface area contributed by atoms with Gasteiger partial charge in [-0.3, -0.25) is 9.36 Å². The van der Waals surface area contributed by atoms with Gasteiger partial charge in [0, 0.05) is 16.6 Å². The highest BCUT2D eigenvalue weighted by Gasteiger charge is 2.22. The first kappa shape index (κ1) is 15.2. The fraction of sp³-hybridized carbons (Fsp3) is 0.222. The van der Waals surface area contributed by atoms with Crippen molar-refractivity contribution in [2.24, 2.45) is 0 Å². The summed E-state index contributed by atoms with van der Waals surface area (Å²) in [6, 6.07) is 9.44. The van der Waals surface area contributed by atoms with Crippen molar-refractivity contribution >= 4 is 26.8 Å². The molecule has 1 aromatic heterocycles. The molecule has 0 unspecified atom stereocenters. The third-order valence-corrected chi connectivity index (χ3v) is 4.86. The third kappa shape index (κ3) is 2.21. The van der Waals surface area contributed by atoms with E-state index in [1.807, 2.05) is 30.3 Å². The van der Waals surface area contributed by atoms with Crippen molar-refractivity contribution < 1.29 is 9.47 Å². The van der Waals surface area contributed by atoms with Crippen LogP contribution in [0.5, 0.6) is 11.5 Å². The van der Waals surface area contributed by atoms with Crippen LogP contribution in [0, 0.1) is 0 Å². The van der Waals surface area contributed by atoms with Gasteiger partial charge in [0.1, 0.15) is 5.82 Å². The van der Waals surface area contributed by atoms with E-state index in [4.69, 9.17) is 14.5 Å². The Labute approximate surface area is 147 Å². The molecule has 0 aliphatic carbocycles. The second-order valence-corrected chi connectivity index (χ2v) is 6.58. The summed E-state index contributed by atoms with van der Waals surface area (Å²) >= 11 is 3.42. The Morgan fingerprint density at radius 3 is 2.62 bits per heavy atom. The fourth-order valence-electron chi connectivity index (χ4n) is 3.17. The molecule has 1 aliphatic heterocycles. The SMILES string of the molecule is COc1cc2c(cc1OC)-c1nc3ccc(Br)cc3c(=O)n1CC2. The van der Waals surface area contributed by atoms with E-state index >= 15 is 0 Å². The summed E-state index contributed by atoms with van der Waals surface area (Å²) < 4.78 is 13.4. The van der Waals surface area contributed by atoms with Crippen LogP contribution < -0.4 is 15.0 Å². The van der Waals surface area contributed by atoms with Crippen molar-refractivity contribution in [1.82, 2.24) is 9.55 Å². The topological polar surface area (TPSA) is 53.4 Å². The van der Waals surface area contributed by atoms with Gasteiger partial charge < -0.3 is 9.47 Å². The molecule has 0 bridgehead atoms. The summed E-state index contributed by atoms with van der Waals surface area (Å²) in [6.07, 6.45) is 0.754. The van der Waals surface area contributed by atoms with Crippen LogP contribution in [0.2, 0.25) is 0 Å². The minimum absolute atomic E-state index is 0.0169. The fourth-order valence-corrected chi connectivity index (χ4v) is 3.54. The van der Waals surface area contributed by atoms with Crippen molar-refractivity contribution in [2.45, 2.75) is 13.0 Å². The number of nitrogens with zero attached hydrogens (tertiary/aromatic N) is 2. The predicted octanol–water partition coefficient (Wildman–Crippen LogP) is 3.40. The first-order valence-electron chi connectivity index (χ1n) is 7.57. The molecule has 6 heteroatoms. The zero-order chi connectivity index (χ0) is 16.8. The van der Waals surface area contributed by atoms with Gasteiger partial charge in [0.05, 0.1) is 25.1 Å². The molecule has 1 aliphatic rings. The number of fused-ring (bicyclic) bond motifs is 4. The Kier molecular flexibility index (Phi) is 3.57. The van der Waals surface area contributed by atoms with Crippen molar-refractivity contribution in [2.75, 3.05) is 14.2 Å². The monoisotopic (exact) mass is 386 g/mol. The Hall–Kier alpha value is -2.34. The first-order valence-corrected chi connectivity index (χ1v) is 8.37. The van der Waals surface area contributed by atoms with E-state index in [1.165, 1.54) is 0 Å². The lowest BCUT2D eigenvalue weighted by molar-refractivity contribution is 0.354. The molecule has 0 atom stereocenters. The van der Waals surface area contributed by atoms with Gasteiger partial charge in [-0.1, -0.05) is 15.9 Å². The summed E-state index contributed by atoms with van der Waals surface area (Å²) in [7, 11) is 3.22. The standard InChI is InChI=1S/C18H15BrN2O3/c1-23-15-7-10-5-6-21-17(12(10)9-16(15)24-2)20-14-4-3-11(19)8-13(14)18(21)22/h3-4,7-9H,5-6H2,1-2H3. The van der Waals surface area contributed by atoms with E-state index in [-0.39, 0.29) is 5.56 Å². The smallest absolute Gasteiger partial charge is 0.261 e. The maximum absolute atomic E-state index is 12.9. The van der Waals surface area contributed by atoms with Crippen molar-refractivity contribution in [3.05, 3.63) is 50.7 Å². The van der Waals surface area contributed by atoms with Gasteiger partial charge in [-0.25, -0.2) is 4.98 Å². The van der Waals surface area contributed by atoms with E-state index in [0.29, 0.717) is 34.8 Å². The molecule has 0 N–H and O–H groups in total. The summed E-state index contributed by atoms with van der Waals surface area (Å²) in [5, 5.41) is 0.622. The van der Waals surface area contributed by atoms with E-state index in [0.717, 1.165) is 22.0 Å². The minimum Gasteiger partial charge on any atom is -0.493 e. The lowest BCUT2D eigenvalue weighted by Crippen LogP contribution is -2.27. The Bertz CT molecular complexity index is 1030. The van der Waals surface area contributed by atoms with Crippen LogP contribution in [0.15, 0.2) is 39.6 Å². The van der Waals surface area contributed by atoms with Gasteiger partial charge in [-0.2, -0.15) is 0 Å². The van der Waals surface area contributed by atoms with Gasteiger partial charge >= 0.3 is 0 Å². The Balaban J connectivity index is 2.03. The number of methoxy groups -OCH3 is 2. The molecule has 0 saturated carbocycles. The molecule has 2 aromatic carbocycles. The highest BCUT2D eigenvalue weighted by atomic mass is 79.9. The summed E-state index contributed by atoms with van der Waals surface area (Å²) in [6.45, 7) is 0.603. The van der Waals surface area contributed by atoms with Crippen molar-refractivity contribution in [3.63, 3.8) is 0 Å². The molecule has 0 fully saturated rings. The second kappa shape index (κ2) is 5.63. The number of rotatable bonds is 2. The molecule has 0 radical (unpaired) electrons. The average Bonchev–Trinajstić information content (AvgIpc) is 2.61. The van der Waals surface area contributed by atoms with Crippen LogP contribution in [0.3, 0.4) is 0 Å². The van der Waals surface area contributed by atoms with Gasteiger partial charge in [0.15, 0.2) is 11.5 Å². The van der Waals surface area contributed by atoms with Gasteiger partial charge in [0.25, 0.3) is 5.56 Å². The molecular formula is C18H15BrN2O3. The van der Waals surface area contributed by atoms with Crippen LogP contribution >= 0.6 is 15.9 Å². The van der Waals surface area contributed by atoms with Crippen LogP contribution in [0.4, 0.5) is 0 Å². The zero-order valence-corrected chi connectivity index (χ0v) is 14.9. The normalized spacial score (nSPS) is 12.6. The number of aryl methyl sites for hydroxylation is 1. The number of halogens is 1. The van der Waals surface area contributed by atoms with E-state index < -0.39 is 0 Å². The van der Waals surface area contributed by atoms with Crippen LogP contribution in [-0.4, -0.2) is 23.8 Å². The quantitative estimate of drug-likeness (QED) is 0.677. The van der Waals surface area contributed by atoms with Crippen LogP contribution in [0.1, 0.15) is 5.56 Å². The predicted molar refractivity (Wildman–Crippen MR) is 95.9 cm³/mol. The Morgan fingerprint density at radius 2 is 1.88 bits per heavy atom. The second-order valence-electron chi connectivity index (χ2n) is 5.67. The highest BCUT2D eigenvalue weighted by Crippen LogP contribution is 2.37. The molecule has 3 aromatic rings. The third-order valence-electron chi connectivity index (χ3n) is 4.37. The molecule has 0 spiro atoms. The van der Waals surface area contributed by atoms with Crippen molar-refractivity contribution in [3.8, 4) is 22.9 Å². The molecule has 2 heterocycles. The molecular weight excluding hydrogens is 372 g/mol.